The zero-order valence-electron chi connectivity index (χ0n) is 12.1. The van der Waals surface area contributed by atoms with Crippen LogP contribution >= 0.6 is 11.8 Å². The van der Waals surface area contributed by atoms with Crippen molar-refractivity contribution < 1.29 is 9.90 Å². The van der Waals surface area contributed by atoms with Gasteiger partial charge in [-0.1, -0.05) is 19.1 Å². The van der Waals surface area contributed by atoms with E-state index < -0.39 is 0 Å². The summed E-state index contributed by atoms with van der Waals surface area (Å²) in [4.78, 5) is 12.1. The molecule has 1 rings (SSSR count). The van der Waals surface area contributed by atoms with Crippen molar-refractivity contribution in [2.24, 2.45) is 5.92 Å². The lowest BCUT2D eigenvalue weighted by molar-refractivity contribution is -0.115. The van der Waals surface area contributed by atoms with Gasteiger partial charge in [0, 0.05) is 12.3 Å². The first-order valence-electron chi connectivity index (χ1n) is 6.54. The zero-order chi connectivity index (χ0) is 14.4. The predicted octanol–water partition coefficient (Wildman–Crippen LogP) is 2.99. The van der Waals surface area contributed by atoms with Crippen LogP contribution < -0.4 is 5.32 Å². The highest BCUT2D eigenvalue weighted by Gasteiger charge is 2.15. The number of rotatable bonds is 6. The number of aryl methyl sites for hydroxylation is 2. The molecule has 2 N–H and O–H groups in total. The molecule has 0 spiro atoms. The van der Waals surface area contributed by atoms with Gasteiger partial charge >= 0.3 is 0 Å². The van der Waals surface area contributed by atoms with Crippen LogP contribution in [0.5, 0.6) is 0 Å². The molecule has 19 heavy (non-hydrogen) atoms. The van der Waals surface area contributed by atoms with Gasteiger partial charge in [0.15, 0.2) is 0 Å². The van der Waals surface area contributed by atoms with Crippen LogP contribution in [0, 0.1) is 19.8 Å². The molecular weight excluding hydrogens is 258 g/mol. The fraction of sp³-hybridized carbons (Fsp3) is 0.533. The molecule has 0 aliphatic heterocycles. The summed E-state index contributed by atoms with van der Waals surface area (Å²) in [5, 5.41) is 11.8. The first-order valence-corrected chi connectivity index (χ1v) is 7.59. The van der Waals surface area contributed by atoms with Gasteiger partial charge in [-0.05, 0) is 49.6 Å². The van der Waals surface area contributed by atoms with E-state index in [1.165, 1.54) is 0 Å². The Kier molecular flexibility index (Phi) is 6.38. The Hall–Kier alpha value is -1.00. The van der Waals surface area contributed by atoms with Crippen LogP contribution in [0.3, 0.4) is 0 Å². The molecular formula is C15H23NO2S. The summed E-state index contributed by atoms with van der Waals surface area (Å²) >= 11 is 1.57. The number of hydrogen-bond acceptors (Lipinski definition) is 3. The normalized spacial score (nSPS) is 13.9. The third-order valence-electron chi connectivity index (χ3n) is 2.96. The quantitative estimate of drug-likeness (QED) is 0.843. The highest BCUT2D eigenvalue weighted by Crippen LogP contribution is 2.20. The number of aliphatic hydroxyl groups excluding tert-OH is 1. The summed E-state index contributed by atoms with van der Waals surface area (Å²) in [6.07, 6.45) is 0. The Morgan fingerprint density at radius 3 is 2.68 bits per heavy atom. The largest absolute Gasteiger partial charge is 0.396 e. The van der Waals surface area contributed by atoms with Crippen molar-refractivity contribution in [3.63, 3.8) is 0 Å². The van der Waals surface area contributed by atoms with Gasteiger partial charge in [0.1, 0.15) is 0 Å². The maximum absolute atomic E-state index is 12.1. The second-order valence-corrected chi connectivity index (χ2v) is 6.44. The SMILES string of the molecule is Cc1ccc(C)c(NC(=O)C(C)SCC(C)CO)c1. The Labute approximate surface area is 119 Å². The summed E-state index contributed by atoms with van der Waals surface area (Å²) in [6.45, 7) is 8.03. The monoisotopic (exact) mass is 281 g/mol. The van der Waals surface area contributed by atoms with Gasteiger partial charge in [-0.3, -0.25) is 4.79 Å². The van der Waals surface area contributed by atoms with E-state index in [2.05, 4.69) is 5.32 Å². The van der Waals surface area contributed by atoms with Crippen molar-refractivity contribution in [2.75, 3.05) is 17.7 Å². The first kappa shape index (κ1) is 16.1. The standard InChI is InChI=1S/C15H23NO2S/c1-10-5-6-12(3)14(7-10)16-15(18)13(4)19-9-11(2)8-17/h5-7,11,13,17H,8-9H2,1-4H3,(H,16,18). The Bertz CT molecular complexity index is 434. The van der Waals surface area contributed by atoms with E-state index in [9.17, 15) is 4.79 Å². The van der Waals surface area contributed by atoms with Crippen molar-refractivity contribution in [1.82, 2.24) is 0 Å². The summed E-state index contributed by atoms with van der Waals surface area (Å²) < 4.78 is 0. The third-order valence-corrected chi connectivity index (χ3v) is 4.44. The lowest BCUT2D eigenvalue weighted by Crippen LogP contribution is -2.24. The maximum Gasteiger partial charge on any atom is 0.237 e. The molecule has 1 amide bonds. The molecule has 4 heteroatoms. The predicted molar refractivity (Wildman–Crippen MR) is 82.7 cm³/mol. The number of amides is 1. The summed E-state index contributed by atoms with van der Waals surface area (Å²) in [7, 11) is 0. The minimum atomic E-state index is -0.117. The fourth-order valence-electron chi connectivity index (χ4n) is 1.54. The van der Waals surface area contributed by atoms with E-state index in [1.807, 2.05) is 45.9 Å². The summed E-state index contributed by atoms with van der Waals surface area (Å²) in [6, 6.07) is 6.03. The molecule has 0 fully saturated rings. The van der Waals surface area contributed by atoms with Crippen LogP contribution in [0.15, 0.2) is 18.2 Å². The smallest absolute Gasteiger partial charge is 0.237 e. The molecule has 3 nitrogen and oxygen atoms in total. The lowest BCUT2D eigenvalue weighted by atomic mass is 10.1. The number of nitrogens with one attached hydrogen (secondary N) is 1. The van der Waals surface area contributed by atoms with E-state index in [0.29, 0.717) is 0 Å². The minimum absolute atomic E-state index is 0.0174. The highest BCUT2D eigenvalue weighted by molar-refractivity contribution is 8.00. The van der Waals surface area contributed by atoms with Crippen molar-refractivity contribution in [1.29, 1.82) is 0 Å². The Balaban J connectivity index is 2.56. The van der Waals surface area contributed by atoms with Crippen LogP contribution in [0.2, 0.25) is 0 Å². The highest BCUT2D eigenvalue weighted by atomic mass is 32.2. The minimum Gasteiger partial charge on any atom is -0.396 e. The maximum atomic E-state index is 12.1. The van der Waals surface area contributed by atoms with Gasteiger partial charge in [-0.25, -0.2) is 0 Å². The van der Waals surface area contributed by atoms with Gasteiger partial charge in [-0.15, -0.1) is 11.8 Å². The average molecular weight is 281 g/mol. The van der Waals surface area contributed by atoms with E-state index in [-0.39, 0.29) is 23.7 Å². The third kappa shape index (κ3) is 5.25. The number of aliphatic hydroxyl groups is 1. The van der Waals surface area contributed by atoms with Crippen molar-refractivity contribution in [3.8, 4) is 0 Å². The molecule has 0 bridgehead atoms. The first-order chi connectivity index (χ1) is 8.93. The van der Waals surface area contributed by atoms with Crippen LogP contribution in [-0.4, -0.2) is 28.6 Å². The van der Waals surface area contributed by atoms with Gasteiger partial charge < -0.3 is 10.4 Å². The van der Waals surface area contributed by atoms with Crippen LogP contribution in [-0.2, 0) is 4.79 Å². The molecule has 0 saturated carbocycles. The molecule has 0 aromatic heterocycles. The zero-order valence-corrected chi connectivity index (χ0v) is 12.9. The molecule has 0 aliphatic carbocycles. The molecule has 0 saturated heterocycles. The van der Waals surface area contributed by atoms with E-state index >= 15 is 0 Å². The molecule has 1 aromatic carbocycles. The number of anilines is 1. The number of carbonyl (C=O) groups excluding carboxylic acids is 1. The van der Waals surface area contributed by atoms with Crippen LogP contribution in [0.1, 0.15) is 25.0 Å². The van der Waals surface area contributed by atoms with Crippen molar-refractivity contribution in [2.45, 2.75) is 32.9 Å². The molecule has 0 aliphatic rings. The number of benzene rings is 1. The topological polar surface area (TPSA) is 49.3 Å². The number of thioether (sulfide) groups is 1. The Morgan fingerprint density at radius 2 is 2.05 bits per heavy atom. The van der Waals surface area contributed by atoms with Crippen LogP contribution in [0.25, 0.3) is 0 Å². The molecule has 2 unspecified atom stereocenters. The van der Waals surface area contributed by atoms with E-state index in [4.69, 9.17) is 5.11 Å². The van der Waals surface area contributed by atoms with Gasteiger partial charge in [0.2, 0.25) is 5.91 Å². The summed E-state index contributed by atoms with van der Waals surface area (Å²) in [5.41, 5.74) is 3.09. The molecule has 1 aromatic rings. The molecule has 0 radical (unpaired) electrons. The fourth-order valence-corrected chi connectivity index (χ4v) is 2.47. The second-order valence-electron chi connectivity index (χ2n) is 5.07. The van der Waals surface area contributed by atoms with Crippen LogP contribution in [0.4, 0.5) is 5.69 Å². The van der Waals surface area contributed by atoms with Gasteiger partial charge in [0.05, 0.1) is 5.25 Å². The van der Waals surface area contributed by atoms with E-state index in [1.54, 1.807) is 11.8 Å². The second kappa shape index (κ2) is 7.56. The Morgan fingerprint density at radius 1 is 1.37 bits per heavy atom. The number of carbonyl (C=O) groups is 1. The van der Waals surface area contributed by atoms with E-state index in [0.717, 1.165) is 22.6 Å². The van der Waals surface area contributed by atoms with Crippen molar-refractivity contribution >= 4 is 23.4 Å². The number of hydrogen-bond donors (Lipinski definition) is 2. The van der Waals surface area contributed by atoms with Crippen molar-refractivity contribution in [3.05, 3.63) is 29.3 Å². The molecule has 2 atom stereocenters. The summed E-state index contributed by atoms with van der Waals surface area (Å²) in [5.74, 6) is 1.03. The lowest BCUT2D eigenvalue weighted by Gasteiger charge is -2.15. The molecule has 106 valence electrons. The average Bonchev–Trinajstić information content (AvgIpc) is 2.39. The van der Waals surface area contributed by atoms with Gasteiger partial charge in [-0.2, -0.15) is 0 Å². The molecule has 0 heterocycles. The van der Waals surface area contributed by atoms with Gasteiger partial charge in [0.25, 0.3) is 0 Å².